The number of hydrogen-bond donors (Lipinski definition) is 3. The minimum atomic E-state index is -1.25. The van der Waals surface area contributed by atoms with Crippen molar-refractivity contribution < 1.29 is 15.0 Å². The lowest BCUT2D eigenvalue weighted by Gasteiger charge is -2.17. The van der Waals surface area contributed by atoms with Gasteiger partial charge in [0.05, 0.1) is 29.2 Å². The van der Waals surface area contributed by atoms with E-state index in [0.717, 1.165) is 10.1 Å². The molecule has 0 bridgehead atoms. The van der Waals surface area contributed by atoms with Crippen molar-refractivity contribution in [2.75, 3.05) is 6.61 Å². The predicted octanol–water partition coefficient (Wildman–Crippen LogP) is 0.334. The van der Waals surface area contributed by atoms with E-state index in [2.05, 4.69) is 5.32 Å². The number of benzene rings is 1. The molecular weight excluding hydrogens is 352 g/mol. The zero-order valence-corrected chi connectivity index (χ0v) is 14.9. The number of rotatable bonds is 5. The minimum Gasteiger partial charge on any atom is -0.465 e. The Kier molecular flexibility index (Phi) is 4.87. The fraction of sp³-hybridized carbons (Fsp3) is 0.278. The smallest absolute Gasteiger partial charge is 0.405 e. The quantitative estimate of drug-likeness (QED) is 0.597. The number of aliphatic hydroxyl groups is 1. The maximum Gasteiger partial charge on any atom is 0.405 e. The standard InChI is InChI=1S/C18H20N4O5/c1-20-13-9-22(8-12(10-23)19-17(25)26)15(11-6-4-3-5-7-11)14(13)16(24)21(2)18(20)27/h3-7,9,12,19,23H,8,10H2,1-2H3,(H,25,26). The van der Waals surface area contributed by atoms with Gasteiger partial charge in [0.2, 0.25) is 0 Å². The summed E-state index contributed by atoms with van der Waals surface area (Å²) in [6.07, 6.45) is 0.377. The highest BCUT2D eigenvalue weighted by molar-refractivity contribution is 5.93. The molecule has 1 atom stereocenters. The van der Waals surface area contributed by atoms with Gasteiger partial charge in [-0.3, -0.25) is 13.9 Å². The third-order valence-corrected chi connectivity index (χ3v) is 4.52. The highest BCUT2D eigenvalue weighted by Gasteiger charge is 2.21. The van der Waals surface area contributed by atoms with Gasteiger partial charge < -0.3 is 20.1 Å². The number of carbonyl (C=O) groups is 1. The van der Waals surface area contributed by atoms with E-state index in [-0.39, 0.29) is 6.54 Å². The van der Waals surface area contributed by atoms with Gasteiger partial charge in [0.15, 0.2) is 0 Å². The van der Waals surface area contributed by atoms with Crippen molar-refractivity contribution in [3.8, 4) is 11.3 Å². The van der Waals surface area contributed by atoms with Crippen LogP contribution in [0, 0.1) is 0 Å². The van der Waals surface area contributed by atoms with Crippen LogP contribution in [0.15, 0.2) is 46.1 Å². The predicted molar refractivity (Wildman–Crippen MR) is 99.9 cm³/mol. The molecule has 3 aromatic rings. The summed E-state index contributed by atoms with van der Waals surface area (Å²) in [4.78, 5) is 36.0. The van der Waals surface area contributed by atoms with Crippen molar-refractivity contribution in [2.45, 2.75) is 12.6 Å². The highest BCUT2D eigenvalue weighted by atomic mass is 16.4. The molecule has 3 rings (SSSR count). The summed E-state index contributed by atoms with van der Waals surface area (Å²) in [6, 6.07) is 8.37. The van der Waals surface area contributed by atoms with Crippen LogP contribution in [0.5, 0.6) is 0 Å². The lowest BCUT2D eigenvalue weighted by Crippen LogP contribution is -2.39. The molecule has 0 aliphatic heterocycles. The molecule has 1 amide bonds. The molecule has 1 unspecified atom stereocenters. The average molecular weight is 372 g/mol. The monoisotopic (exact) mass is 372 g/mol. The van der Waals surface area contributed by atoms with Crippen molar-refractivity contribution in [1.29, 1.82) is 0 Å². The van der Waals surface area contributed by atoms with Crippen LogP contribution in [0.3, 0.4) is 0 Å². The first kappa shape index (κ1) is 18.5. The summed E-state index contributed by atoms with van der Waals surface area (Å²) in [6.45, 7) is -0.314. The zero-order chi connectivity index (χ0) is 19.7. The molecule has 0 fully saturated rings. The van der Waals surface area contributed by atoms with Crippen LogP contribution in [0.4, 0.5) is 4.79 Å². The lowest BCUT2D eigenvalue weighted by molar-refractivity contribution is 0.173. The second-order valence-corrected chi connectivity index (χ2v) is 6.29. The second-order valence-electron chi connectivity index (χ2n) is 6.29. The number of nitrogens with zero attached hydrogens (tertiary/aromatic N) is 3. The van der Waals surface area contributed by atoms with Gasteiger partial charge in [-0.2, -0.15) is 0 Å². The van der Waals surface area contributed by atoms with Gasteiger partial charge >= 0.3 is 11.8 Å². The van der Waals surface area contributed by atoms with Crippen molar-refractivity contribution in [2.24, 2.45) is 14.1 Å². The molecule has 2 aromatic heterocycles. The number of aliphatic hydroxyl groups excluding tert-OH is 1. The fourth-order valence-corrected chi connectivity index (χ4v) is 3.20. The Morgan fingerprint density at radius 2 is 1.81 bits per heavy atom. The van der Waals surface area contributed by atoms with Crippen LogP contribution in [-0.2, 0) is 20.6 Å². The molecule has 27 heavy (non-hydrogen) atoms. The summed E-state index contributed by atoms with van der Waals surface area (Å²) in [5.74, 6) is 0. The molecule has 0 saturated heterocycles. The number of nitrogens with one attached hydrogen (secondary N) is 1. The second kappa shape index (κ2) is 7.12. The molecular formula is C18H20N4O5. The van der Waals surface area contributed by atoms with E-state index < -0.39 is 30.0 Å². The largest absolute Gasteiger partial charge is 0.465 e. The molecule has 9 nitrogen and oxygen atoms in total. The highest BCUT2D eigenvalue weighted by Crippen LogP contribution is 2.28. The van der Waals surface area contributed by atoms with Gasteiger partial charge in [0.1, 0.15) is 0 Å². The first-order valence-corrected chi connectivity index (χ1v) is 8.29. The van der Waals surface area contributed by atoms with E-state index in [1.54, 1.807) is 17.8 Å². The first-order chi connectivity index (χ1) is 12.8. The Balaban J connectivity index is 2.31. The van der Waals surface area contributed by atoms with Gasteiger partial charge in [0.25, 0.3) is 5.56 Å². The molecule has 0 spiro atoms. The maximum absolute atomic E-state index is 12.8. The third kappa shape index (κ3) is 3.24. The molecule has 3 N–H and O–H groups in total. The SMILES string of the molecule is Cn1c(=O)c2c(-c3ccccc3)n(CC(CO)NC(=O)O)cc2n(C)c1=O. The number of aromatic nitrogens is 3. The molecule has 2 heterocycles. The van der Waals surface area contributed by atoms with Crippen molar-refractivity contribution in [3.05, 3.63) is 57.4 Å². The van der Waals surface area contributed by atoms with Crippen LogP contribution >= 0.6 is 0 Å². The molecule has 9 heteroatoms. The molecule has 0 saturated carbocycles. The molecule has 0 aliphatic carbocycles. The summed E-state index contributed by atoms with van der Waals surface area (Å²) in [7, 11) is 2.99. The number of fused-ring (bicyclic) bond motifs is 1. The lowest BCUT2D eigenvalue weighted by atomic mass is 10.1. The van der Waals surface area contributed by atoms with Gasteiger partial charge in [-0.25, -0.2) is 9.59 Å². The van der Waals surface area contributed by atoms with E-state index >= 15 is 0 Å². The number of aryl methyl sites for hydroxylation is 1. The Bertz CT molecular complexity index is 1110. The molecule has 1 aromatic carbocycles. The van der Waals surface area contributed by atoms with Gasteiger partial charge in [-0.15, -0.1) is 0 Å². The van der Waals surface area contributed by atoms with Crippen molar-refractivity contribution in [3.63, 3.8) is 0 Å². The first-order valence-electron chi connectivity index (χ1n) is 8.29. The Morgan fingerprint density at radius 1 is 1.15 bits per heavy atom. The molecule has 0 aliphatic rings. The number of hydrogen-bond acceptors (Lipinski definition) is 4. The average Bonchev–Trinajstić information content (AvgIpc) is 3.03. The Labute approximate surface area is 153 Å². The summed E-state index contributed by atoms with van der Waals surface area (Å²) in [5, 5.41) is 21.1. The Hall–Kier alpha value is -3.33. The third-order valence-electron chi connectivity index (χ3n) is 4.52. The van der Waals surface area contributed by atoms with Gasteiger partial charge in [-0.1, -0.05) is 30.3 Å². The maximum atomic E-state index is 12.8. The molecule has 142 valence electrons. The van der Waals surface area contributed by atoms with E-state index in [1.165, 1.54) is 11.6 Å². The summed E-state index contributed by atoms with van der Waals surface area (Å²) in [5.41, 5.74) is 0.862. The van der Waals surface area contributed by atoms with Crippen LogP contribution in [0.2, 0.25) is 0 Å². The van der Waals surface area contributed by atoms with Crippen LogP contribution in [-0.4, -0.2) is 42.7 Å². The number of amides is 1. The molecule has 0 radical (unpaired) electrons. The van der Waals surface area contributed by atoms with E-state index in [9.17, 15) is 19.5 Å². The Morgan fingerprint density at radius 3 is 2.41 bits per heavy atom. The summed E-state index contributed by atoms with van der Waals surface area (Å²) >= 11 is 0. The van der Waals surface area contributed by atoms with Crippen LogP contribution in [0.25, 0.3) is 22.2 Å². The van der Waals surface area contributed by atoms with Gasteiger partial charge in [-0.05, 0) is 5.56 Å². The van der Waals surface area contributed by atoms with Crippen molar-refractivity contribution in [1.82, 2.24) is 19.0 Å². The normalized spacial score (nSPS) is 12.3. The summed E-state index contributed by atoms with van der Waals surface area (Å²) < 4.78 is 4.11. The van der Waals surface area contributed by atoms with Gasteiger partial charge in [0, 0.05) is 26.8 Å². The van der Waals surface area contributed by atoms with Crippen molar-refractivity contribution >= 4 is 17.0 Å². The zero-order valence-electron chi connectivity index (χ0n) is 14.9. The minimum absolute atomic E-state index is 0.0963. The topological polar surface area (TPSA) is 118 Å². The number of carboxylic acid groups (broad SMARTS) is 1. The van der Waals surface area contributed by atoms with E-state index in [0.29, 0.717) is 16.6 Å². The van der Waals surface area contributed by atoms with Crippen LogP contribution in [0.1, 0.15) is 0 Å². The van der Waals surface area contributed by atoms with E-state index in [4.69, 9.17) is 5.11 Å². The fourth-order valence-electron chi connectivity index (χ4n) is 3.20. The van der Waals surface area contributed by atoms with Crippen LogP contribution < -0.4 is 16.6 Å². The van der Waals surface area contributed by atoms with E-state index in [1.807, 2.05) is 30.3 Å².